The lowest BCUT2D eigenvalue weighted by molar-refractivity contribution is -0.113. The molecule has 158 valence electrons. The number of benzene rings is 2. The number of anilines is 1. The largest absolute Gasteiger partial charge is 0.497 e. The van der Waals surface area contributed by atoms with E-state index >= 15 is 0 Å². The molecule has 8 heteroatoms. The lowest BCUT2D eigenvalue weighted by atomic mass is 10.1. The minimum atomic E-state index is -0.569. The van der Waals surface area contributed by atoms with Gasteiger partial charge < -0.3 is 24.5 Å². The average molecular weight is 420 g/mol. The molecule has 2 N–H and O–H groups in total. The van der Waals surface area contributed by atoms with Crippen molar-refractivity contribution >= 4 is 29.5 Å². The Bertz CT molecular complexity index is 1080. The van der Waals surface area contributed by atoms with Crippen LogP contribution in [-0.4, -0.2) is 32.0 Å². The number of methoxy groups -OCH3 is 2. The first-order valence-electron chi connectivity index (χ1n) is 9.20. The van der Waals surface area contributed by atoms with Gasteiger partial charge in [0.15, 0.2) is 5.76 Å². The van der Waals surface area contributed by atoms with Gasteiger partial charge in [0.25, 0.3) is 11.8 Å². The molecule has 0 spiro atoms. The maximum absolute atomic E-state index is 12.9. The number of furan rings is 1. The summed E-state index contributed by atoms with van der Waals surface area (Å²) in [6, 6.07) is 16.2. The summed E-state index contributed by atoms with van der Waals surface area (Å²) < 4.78 is 14.9. The quantitative estimate of drug-likeness (QED) is 0.448. The second-order valence-electron chi connectivity index (χ2n) is 6.29. The molecule has 2 amide bonds. The first kappa shape index (κ1) is 21.4. The summed E-state index contributed by atoms with van der Waals surface area (Å²) in [7, 11) is 2.84. The Balaban J connectivity index is 1.83. The molecular formula is C23H20N2O6. The fraction of sp³-hybridized carbons (Fsp3) is 0.0870. The number of ether oxygens (including phenoxy) is 2. The molecule has 0 radical (unpaired) electrons. The zero-order chi connectivity index (χ0) is 22.2. The fourth-order valence-corrected chi connectivity index (χ4v) is 2.62. The van der Waals surface area contributed by atoms with E-state index in [2.05, 4.69) is 15.4 Å². The summed E-state index contributed by atoms with van der Waals surface area (Å²) >= 11 is 0. The molecule has 3 aromatic rings. The number of hydrogen-bond donors (Lipinski definition) is 2. The normalized spacial score (nSPS) is 10.8. The monoisotopic (exact) mass is 420 g/mol. The maximum atomic E-state index is 12.9. The molecule has 3 rings (SSSR count). The van der Waals surface area contributed by atoms with Gasteiger partial charge in [0.05, 0.1) is 26.0 Å². The van der Waals surface area contributed by atoms with Crippen LogP contribution in [0.4, 0.5) is 5.69 Å². The number of carbonyl (C=O) groups excluding carboxylic acids is 3. The van der Waals surface area contributed by atoms with Crippen LogP contribution in [0, 0.1) is 0 Å². The van der Waals surface area contributed by atoms with Gasteiger partial charge in [-0.15, -0.1) is 0 Å². The van der Waals surface area contributed by atoms with E-state index in [-0.39, 0.29) is 11.5 Å². The van der Waals surface area contributed by atoms with Gasteiger partial charge in [-0.1, -0.05) is 12.1 Å². The number of carbonyl (C=O) groups is 3. The number of hydrogen-bond acceptors (Lipinski definition) is 6. The summed E-state index contributed by atoms with van der Waals surface area (Å²) in [5.41, 5.74) is 1.46. The van der Waals surface area contributed by atoms with Gasteiger partial charge in [0.2, 0.25) is 0 Å². The predicted octanol–water partition coefficient (Wildman–Crippen LogP) is 3.48. The third kappa shape index (κ3) is 5.60. The van der Waals surface area contributed by atoms with Crippen molar-refractivity contribution in [3.8, 4) is 5.75 Å². The van der Waals surface area contributed by atoms with Gasteiger partial charge in [-0.2, -0.15) is 0 Å². The Labute approximate surface area is 178 Å². The molecular weight excluding hydrogens is 400 g/mol. The first-order valence-corrected chi connectivity index (χ1v) is 9.20. The molecule has 0 aliphatic rings. The van der Waals surface area contributed by atoms with Crippen LogP contribution in [0.2, 0.25) is 0 Å². The molecule has 0 saturated carbocycles. The van der Waals surface area contributed by atoms with Crippen LogP contribution in [0.3, 0.4) is 0 Å². The minimum Gasteiger partial charge on any atom is -0.497 e. The molecule has 0 saturated heterocycles. The molecule has 0 unspecified atom stereocenters. The fourth-order valence-electron chi connectivity index (χ4n) is 2.62. The Kier molecular flexibility index (Phi) is 6.85. The predicted molar refractivity (Wildman–Crippen MR) is 114 cm³/mol. The highest BCUT2D eigenvalue weighted by atomic mass is 16.5. The summed E-state index contributed by atoms with van der Waals surface area (Å²) in [5.74, 6) is -0.879. The molecule has 0 atom stereocenters. The number of amides is 2. The van der Waals surface area contributed by atoms with Crippen molar-refractivity contribution in [3.05, 3.63) is 89.5 Å². The summed E-state index contributed by atoms with van der Waals surface area (Å²) in [6.45, 7) is 0. The van der Waals surface area contributed by atoms with E-state index in [0.717, 1.165) is 0 Å². The minimum absolute atomic E-state index is 0.00334. The molecule has 1 aromatic heterocycles. The third-order valence-corrected chi connectivity index (χ3v) is 4.23. The second kappa shape index (κ2) is 9.93. The standard InChI is InChI=1S/C23H20N2O6/c1-29-18-11-5-15(6-12-18)14-19(25-22(27)20-4-3-13-31-20)21(26)24-17-9-7-16(8-10-17)23(28)30-2/h3-14H,1-2H3,(H,24,26)(H,25,27)/b19-14-. The van der Waals surface area contributed by atoms with Crippen LogP contribution >= 0.6 is 0 Å². The highest BCUT2D eigenvalue weighted by Crippen LogP contribution is 2.16. The molecule has 31 heavy (non-hydrogen) atoms. The van der Waals surface area contributed by atoms with Crippen LogP contribution in [0.1, 0.15) is 26.5 Å². The molecule has 0 bridgehead atoms. The van der Waals surface area contributed by atoms with Crippen LogP contribution in [0.5, 0.6) is 5.75 Å². The van der Waals surface area contributed by atoms with Gasteiger partial charge in [-0.25, -0.2) is 4.79 Å². The lowest BCUT2D eigenvalue weighted by Gasteiger charge is -2.11. The Hall–Kier alpha value is -4.33. The van der Waals surface area contributed by atoms with Gasteiger partial charge in [-0.3, -0.25) is 9.59 Å². The summed E-state index contributed by atoms with van der Waals surface area (Å²) in [6.07, 6.45) is 2.89. The maximum Gasteiger partial charge on any atom is 0.337 e. The van der Waals surface area contributed by atoms with Crippen LogP contribution in [-0.2, 0) is 9.53 Å². The van der Waals surface area contributed by atoms with E-state index in [9.17, 15) is 14.4 Å². The van der Waals surface area contributed by atoms with Crippen molar-refractivity contribution < 1.29 is 28.3 Å². The van der Waals surface area contributed by atoms with Crippen molar-refractivity contribution in [2.24, 2.45) is 0 Å². The lowest BCUT2D eigenvalue weighted by Crippen LogP contribution is -2.30. The summed E-state index contributed by atoms with van der Waals surface area (Å²) in [5, 5.41) is 5.26. The molecule has 0 aliphatic heterocycles. The molecule has 1 heterocycles. The topological polar surface area (TPSA) is 107 Å². The average Bonchev–Trinajstić information content (AvgIpc) is 3.34. The van der Waals surface area contributed by atoms with E-state index in [4.69, 9.17) is 9.15 Å². The molecule has 2 aromatic carbocycles. The smallest absolute Gasteiger partial charge is 0.337 e. The van der Waals surface area contributed by atoms with E-state index in [0.29, 0.717) is 22.6 Å². The Morgan fingerprint density at radius 3 is 2.23 bits per heavy atom. The first-order chi connectivity index (χ1) is 15.0. The van der Waals surface area contributed by atoms with Crippen molar-refractivity contribution in [1.82, 2.24) is 5.32 Å². The zero-order valence-corrected chi connectivity index (χ0v) is 16.9. The van der Waals surface area contributed by atoms with Crippen molar-refractivity contribution in [1.29, 1.82) is 0 Å². The molecule has 0 fully saturated rings. The van der Waals surface area contributed by atoms with E-state index in [1.54, 1.807) is 49.6 Å². The third-order valence-electron chi connectivity index (χ3n) is 4.23. The molecule has 0 aliphatic carbocycles. The van der Waals surface area contributed by atoms with E-state index < -0.39 is 17.8 Å². The van der Waals surface area contributed by atoms with Gasteiger partial charge >= 0.3 is 5.97 Å². The van der Waals surface area contributed by atoms with Crippen LogP contribution < -0.4 is 15.4 Å². The number of nitrogens with one attached hydrogen (secondary N) is 2. The summed E-state index contributed by atoms with van der Waals surface area (Å²) in [4.78, 5) is 36.9. The molecule has 8 nitrogen and oxygen atoms in total. The highest BCUT2D eigenvalue weighted by molar-refractivity contribution is 6.10. The number of rotatable bonds is 7. The van der Waals surface area contributed by atoms with Crippen molar-refractivity contribution in [2.45, 2.75) is 0 Å². The number of esters is 1. The van der Waals surface area contributed by atoms with Gasteiger partial charge in [-0.05, 0) is 60.2 Å². The van der Waals surface area contributed by atoms with Crippen LogP contribution in [0.15, 0.2) is 77.0 Å². The van der Waals surface area contributed by atoms with Gasteiger partial charge in [0.1, 0.15) is 11.4 Å². The second-order valence-corrected chi connectivity index (χ2v) is 6.29. The van der Waals surface area contributed by atoms with Gasteiger partial charge in [0, 0.05) is 5.69 Å². The Morgan fingerprint density at radius 1 is 0.935 bits per heavy atom. The van der Waals surface area contributed by atoms with Crippen molar-refractivity contribution in [3.63, 3.8) is 0 Å². The van der Waals surface area contributed by atoms with E-state index in [1.165, 1.54) is 37.6 Å². The van der Waals surface area contributed by atoms with E-state index in [1.807, 2.05) is 0 Å². The van der Waals surface area contributed by atoms with Crippen LogP contribution in [0.25, 0.3) is 6.08 Å². The SMILES string of the molecule is COC(=O)c1ccc(NC(=O)/C(=C/c2ccc(OC)cc2)NC(=O)c2ccco2)cc1. The highest BCUT2D eigenvalue weighted by Gasteiger charge is 2.17. The zero-order valence-electron chi connectivity index (χ0n) is 16.9. The van der Waals surface area contributed by atoms with Crippen molar-refractivity contribution in [2.75, 3.05) is 19.5 Å². The Morgan fingerprint density at radius 2 is 1.65 bits per heavy atom.